The molecule has 1 heterocycles. The maximum atomic E-state index is 6.27. The molecule has 2 saturated carbocycles. The minimum Gasteiger partial charge on any atom is -0.327 e. The van der Waals surface area contributed by atoms with Crippen LogP contribution in [0.1, 0.15) is 24.1 Å². The van der Waals surface area contributed by atoms with Crippen molar-refractivity contribution in [2.24, 2.45) is 23.5 Å². The molecule has 2 fully saturated rings. The predicted molar refractivity (Wildman–Crippen MR) is 65.3 cm³/mol. The second kappa shape index (κ2) is 3.76. The van der Waals surface area contributed by atoms with Gasteiger partial charge in [-0.15, -0.1) is 11.3 Å². The van der Waals surface area contributed by atoms with Crippen molar-refractivity contribution in [3.8, 4) is 0 Å². The lowest BCUT2D eigenvalue weighted by molar-refractivity contribution is 0.486. The van der Waals surface area contributed by atoms with Crippen LogP contribution in [0.15, 0.2) is 12.1 Å². The van der Waals surface area contributed by atoms with Gasteiger partial charge in [0, 0.05) is 10.9 Å². The highest BCUT2D eigenvalue weighted by Crippen LogP contribution is 2.58. The molecule has 15 heavy (non-hydrogen) atoms. The summed E-state index contributed by atoms with van der Waals surface area (Å²) in [6.07, 6.45) is 5.31. The second-order valence-electron chi connectivity index (χ2n) is 4.91. The molecule has 3 heteroatoms. The van der Waals surface area contributed by atoms with Gasteiger partial charge in [0.05, 0.1) is 4.34 Å². The molecular weight excluding hydrogens is 226 g/mol. The van der Waals surface area contributed by atoms with Crippen LogP contribution in [0.2, 0.25) is 4.34 Å². The number of hydrogen-bond donors (Lipinski definition) is 1. The summed E-state index contributed by atoms with van der Waals surface area (Å²) in [7, 11) is 0. The van der Waals surface area contributed by atoms with Gasteiger partial charge in [-0.25, -0.2) is 0 Å². The Morgan fingerprint density at radius 3 is 2.73 bits per heavy atom. The van der Waals surface area contributed by atoms with Gasteiger partial charge in [0.2, 0.25) is 0 Å². The van der Waals surface area contributed by atoms with E-state index in [1.807, 2.05) is 6.07 Å². The number of hydrogen-bond acceptors (Lipinski definition) is 2. The molecule has 1 nitrogen and oxygen atoms in total. The van der Waals surface area contributed by atoms with Gasteiger partial charge in [-0.1, -0.05) is 18.0 Å². The van der Waals surface area contributed by atoms with Gasteiger partial charge in [0.15, 0.2) is 0 Å². The Balaban J connectivity index is 1.60. The van der Waals surface area contributed by atoms with Gasteiger partial charge in [-0.2, -0.15) is 0 Å². The van der Waals surface area contributed by atoms with Crippen LogP contribution in [-0.4, -0.2) is 6.04 Å². The smallest absolute Gasteiger partial charge is 0.0931 e. The van der Waals surface area contributed by atoms with Crippen molar-refractivity contribution >= 4 is 22.9 Å². The fourth-order valence-electron chi connectivity index (χ4n) is 3.34. The lowest BCUT2D eigenvalue weighted by Crippen LogP contribution is -2.27. The van der Waals surface area contributed by atoms with Crippen LogP contribution < -0.4 is 5.73 Å². The first-order valence-corrected chi connectivity index (χ1v) is 6.95. The van der Waals surface area contributed by atoms with Gasteiger partial charge in [0.1, 0.15) is 0 Å². The van der Waals surface area contributed by atoms with Crippen molar-refractivity contribution in [3.63, 3.8) is 0 Å². The molecule has 2 N–H and O–H groups in total. The van der Waals surface area contributed by atoms with Gasteiger partial charge in [-0.3, -0.25) is 0 Å². The summed E-state index contributed by atoms with van der Waals surface area (Å²) < 4.78 is 0.883. The third-order valence-corrected chi connectivity index (χ3v) is 5.29. The van der Waals surface area contributed by atoms with E-state index >= 15 is 0 Å². The summed E-state index contributed by atoms with van der Waals surface area (Å²) in [5.41, 5.74) is 6.27. The Hall–Kier alpha value is -0.0500. The van der Waals surface area contributed by atoms with Crippen molar-refractivity contribution < 1.29 is 0 Å². The Morgan fingerprint density at radius 1 is 1.40 bits per heavy atom. The molecule has 0 spiro atoms. The van der Waals surface area contributed by atoms with Crippen LogP contribution in [0.25, 0.3) is 0 Å². The lowest BCUT2D eigenvalue weighted by Gasteiger charge is -2.12. The van der Waals surface area contributed by atoms with E-state index in [4.69, 9.17) is 17.3 Å². The van der Waals surface area contributed by atoms with Gasteiger partial charge in [0.25, 0.3) is 0 Å². The highest BCUT2D eigenvalue weighted by Gasteiger charge is 2.54. The largest absolute Gasteiger partial charge is 0.327 e. The monoisotopic (exact) mass is 241 g/mol. The Kier molecular flexibility index (Phi) is 2.54. The quantitative estimate of drug-likeness (QED) is 0.863. The minimum atomic E-state index is 0.370. The van der Waals surface area contributed by atoms with Crippen molar-refractivity contribution in [3.05, 3.63) is 21.3 Å². The number of fused-ring (bicyclic) bond motifs is 1. The molecule has 0 aliphatic heterocycles. The third-order valence-electron chi connectivity index (χ3n) is 4.03. The number of rotatable bonds is 3. The SMILES string of the molecule is NC(Cc1ccc(Cl)s1)C1C2CCCC21. The minimum absolute atomic E-state index is 0.370. The summed E-state index contributed by atoms with van der Waals surface area (Å²) in [4.78, 5) is 1.34. The first kappa shape index (κ1) is 10.1. The molecule has 0 bridgehead atoms. The summed E-state index contributed by atoms with van der Waals surface area (Å²) >= 11 is 7.59. The molecular formula is C12H16ClNS. The number of nitrogens with two attached hydrogens (primary N) is 1. The second-order valence-corrected chi connectivity index (χ2v) is 6.71. The first-order valence-electron chi connectivity index (χ1n) is 5.75. The average Bonchev–Trinajstić information content (AvgIpc) is 2.60. The molecule has 2 aliphatic carbocycles. The maximum Gasteiger partial charge on any atom is 0.0931 e. The maximum absolute atomic E-state index is 6.27. The zero-order valence-corrected chi connectivity index (χ0v) is 10.2. The first-order chi connectivity index (χ1) is 7.25. The van der Waals surface area contributed by atoms with E-state index in [2.05, 4.69) is 6.07 Å². The Morgan fingerprint density at radius 2 is 2.13 bits per heavy atom. The molecule has 0 aromatic carbocycles. The van der Waals surface area contributed by atoms with Gasteiger partial charge in [-0.05, 0) is 49.1 Å². The van der Waals surface area contributed by atoms with Crippen molar-refractivity contribution in [2.75, 3.05) is 0 Å². The number of thiophene rings is 1. The van der Waals surface area contributed by atoms with Crippen molar-refractivity contribution in [1.82, 2.24) is 0 Å². The molecule has 0 radical (unpaired) electrons. The van der Waals surface area contributed by atoms with Crippen LogP contribution in [0.5, 0.6) is 0 Å². The van der Waals surface area contributed by atoms with Gasteiger partial charge >= 0.3 is 0 Å². The van der Waals surface area contributed by atoms with Crippen LogP contribution in [0.3, 0.4) is 0 Å². The lowest BCUT2D eigenvalue weighted by atomic mass is 10.0. The molecule has 1 aromatic rings. The van der Waals surface area contributed by atoms with Crippen LogP contribution in [0, 0.1) is 17.8 Å². The summed E-state index contributed by atoms with van der Waals surface area (Å²) in [6, 6.07) is 4.46. The molecule has 3 rings (SSSR count). The van der Waals surface area contributed by atoms with Crippen LogP contribution in [0.4, 0.5) is 0 Å². The van der Waals surface area contributed by atoms with E-state index in [0.717, 1.165) is 28.5 Å². The van der Waals surface area contributed by atoms with Crippen molar-refractivity contribution in [1.29, 1.82) is 0 Å². The molecule has 2 aliphatic rings. The molecule has 1 aromatic heterocycles. The standard InChI is InChI=1S/C12H16ClNS/c13-11-5-4-7(15-11)6-10(14)12-8-2-1-3-9(8)12/h4-5,8-10,12H,1-3,6,14H2. The van der Waals surface area contributed by atoms with Gasteiger partial charge < -0.3 is 5.73 Å². The summed E-state index contributed by atoms with van der Waals surface area (Å²) in [5, 5.41) is 0. The molecule has 0 saturated heterocycles. The van der Waals surface area contributed by atoms with Crippen LogP contribution >= 0.6 is 22.9 Å². The van der Waals surface area contributed by atoms with E-state index in [-0.39, 0.29) is 0 Å². The summed E-state index contributed by atoms with van der Waals surface area (Å²) in [6.45, 7) is 0. The summed E-state index contributed by atoms with van der Waals surface area (Å²) in [5.74, 6) is 2.76. The van der Waals surface area contributed by atoms with Crippen molar-refractivity contribution in [2.45, 2.75) is 31.7 Å². The third kappa shape index (κ3) is 1.83. The highest BCUT2D eigenvalue weighted by molar-refractivity contribution is 7.16. The van der Waals surface area contributed by atoms with Crippen LogP contribution in [-0.2, 0) is 6.42 Å². The predicted octanol–water partition coefficient (Wildman–Crippen LogP) is 3.32. The molecule has 3 unspecified atom stereocenters. The topological polar surface area (TPSA) is 26.0 Å². The normalized spacial score (nSPS) is 35.2. The Bertz CT molecular complexity index is 352. The average molecular weight is 242 g/mol. The fourth-order valence-corrected chi connectivity index (χ4v) is 4.50. The zero-order valence-electron chi connectivity index (χ0n) is 8.66. The van der Waals surface area contributed by atoms with E-state index < -0.39 is 0 Å². The molecule has 0 amide bonds. The van der Waals surface area contributed by atoms with E-state index in [1.54, 1.807) is 11.3 Å². The van der Waals surface area contributed by atoms with E-state index in [0.29, 0.717) is 6.04 Å². The fraction of sp³-hybridized carbons (Fsp3) is 0.667. The highest BCUT2D eigenvalue weighted by atomic mass is 35.5. The molecule has 3 atom stereocenters. The number of halogens is 1. The zero-order chi connectivity index (χ0) is 10.4. The van der Waals surface area contributed by atoms with E-state index in [1.165, 1.54) is 24.1 Å². The molecule has 82 valence electrons. The Labute approximate surface area is 99.6 Å². The van der Waals surface area contributed by atoms with E-state index in [9.17, 15) is 0 Å².